The minimum Gasteiger partial charge on any atom is -1.00 e. The van der Waals surface area contributed by atoms with Gasteiger partial charge in [-0.2, -0.15) is 4.99 Å². The first-order chi connectivity index (χ1) is 10.1. The highest BCUT2D eigenvalue weighted by atomic mass is 79.9. The first kappa shape index (κ1) is 16.3. The van der Waals surface area contributed by atoms with Crippen molar-refractivity contribution in [1.29, 1.82) is 0 Å². The Morgan fingerprint density at radius 1 is 1.00 bits per heavy atom. The van der Waals surface area contributed by atoms with E-state index in [-0.39, 0.29) is 18.6 Å². The Labute approximate surface area is 143 Å². The van der Waals surface area contributed by atoms with E-state index in [0.717, 1.165) is 15.7 Å². The van der Waals surface area contributed by atoms with Crippen molar-refractivity contribution in [2.75, 3.05) is 0 Å². The summed E-state index contributed by atoms with van der Waals surface area (Å²) in [6.45, 7) is 0. The fraction of sp³-hybridized carbons (Fsp3) is 0.0667. The molecule has 0 aromatic heterocycles. The van der Waals surface area contributed by atoms with Crippen molar-refractivity contribution in [3.8, 4) is 0 Å². The number of nitrogens with zero attached hydrogens (tertiary/aromatic N) is 2. The highest BCUT2D eigenvalue weighted by molar-refractivity contribution is 9.10. The highest BCUT2D eigenvalue weighted by Gasteiger charge is 2.28. The third kappa shape index (κ3) is 3.23. The van der Waals surface area contributed by atoms with E-state index >= 15 is 0 Å². The molecule has 5 nitrogen and oxygen atoms in total. The third-order valence-corrected chi connectivity index (χ3v) is 3.75. The number of aliphatic imine (C=N–C) groups is 1. The fourth-order valence-corrected chi connectivity index (χ4v) is 2.54. The van der Waals surface area contributed by atoms with Crippen LogP contribution in [0, 0.1) is 0 Å². The molecule has 0 aliphatic carbocycles. The Kier molecular flexibility index (Phi) is 5.05. The number of nitrogens with two attached hydrogens (primary N) is 2. The average molecular weight is 381 g/mol. The molecule has 1 heterocycles. The number of hydrogen-bond acceptors (Lipinski definition) is 4. The molecule has 0 radical (unpaired) electrons. The lowest BCUT2D eigenvalue weighted by atomic mass is 10.1. The van der Waals surface area contributed by atoms with Gasteiger partial charge in [-0.05, 0) is 24.3 Å². The van der Waals surface area contributed by atoms with Gasteiger partial charge in [0, 0.05) is 10.0 Å². The van der Waals surface area contributed by atoms with Gasteiger partial charge in [-0.1, -0.05) is 46.3 Å². The van der Waals surface area contributed by atoms with Crippen molar-refractivity contribution >= 4 is 33.5 Å². The van der Waals surface area contributed by atoms with Crippen LogP contribution in [0.4, 0.5) is 5.69 Å². The largest absolute Gasteiger partial charge is 1.00 e. The molecule has 1 unspecified atom stereocenters. The van der Waals surface area contributed by atoms with Crippen molar-refractivity contribution in [1.82, 2.24) is 5.32 Å². The lowest BCUT2D eigenvalue weighted by Gasteiger charge is -2.22. The van der Waals surface area contributed by atoms with Gasteiger partial charge in [0.05, 0.1) is 0 Å². The molecule has 2 aromatic rings. The van der Waals surface area contributed by atoms with Gasteiger partial charge in [0.25, 0.3) is 5.96 Å². The molecule has 5 N–H and O–H groups in total. The molecular formula is C15H15BrClN5. The number of hydrogen-bond donors (Lipinski definition) is 3. The second kappa shape index (κ2) is 6.81. The molecule has 0 amide bonds. The summed E-state index contributed by atoms with van der Waals surface area (Å²) >= 11 is 3.43. The Bertz CT molecular complexity index is 712. The molecule has 1 aliphatic heterocycles. The highest BCUT2D eigenvalue weighted by Crippen LogP contribution is 2.28. The molecule has 0 fully saturated rings. The van der Waals surface area contributed by atoms with Crippen LogP contribution < -0.4 is 29.2 Å². The van der Waals surface area contributed by atoms with E-state index in [1.807, 2.05) is 59.2 Å². The fourth-order valence-electron chi connectivity index (χ4n) is 2.28. The van der Waals surface area contributed by atoms with Gasteiger partial charge in [-0.15, -0.1) is 0 Å². The number of nitrogens with one attached hydrogen (secondary N) is 1. The Morgan fingerprint density at radius 3 is 2.27 bits per heavy atom. The van der Waals surface area contributed by atoms with Crippen LogP contribution in [0.2, 0.25) is 0 Å². The Hall–Kier alpha value is -2.05. The maximum absolute atomic E-state index is 6.13. The molecule has 0 spiro atoms. The Morgan fingerprint density at radius 2 is 1.64 bits per heavy atom. The summed E-state index contributed by atoms with van der Waals surface area (Å²) in [6.07, 6.45) is -0.284. The predicted molar refractivity (Wildman–Crippen MR) is 87.2 cm³/mol. The normalized spacial score (nSPS) is 17.3. The van der Waals surface area contributed by atoms with Crippen LogP contribution in [0.3, 0.4) is 0 Å². The zero-order valence-corrected chi connectivity index (χ0v) is 13.9. The van der Waals surface area contributed by atoms with E-state index < -0.39 is 0 Å². The zero-order chi connectivity index (χ0) is 14.8. The van der Waals surface area contributed by atoms with E-state index in [2.05, 4.69) is 26.2 Å². The maximum Gasteiger partial charge on any atom is 0.357 e. The van der Waals surface area contributed by atoms with Crippen LogP contribution in [0.25, 0.3) is 0 Å². The van der Waals surface area contributed by atoms with Gasteiger partial charge in [0.1, 0.15) is 5.69 Å². The van der Waals surface area contributed by atoms with Crippen LogP contribution in [-0.2, 0) is 0 Å². The predicted octanol–water partition coefficient (Wildman–Crippen LogP) is -0.971. The summed E-state index contributed by atoms with van der Waals surface area (Å²) in [5.74, 6) is 0.772. The molecule has 1 aliphatic rings. The summed E-state index contributed by atoms with van der Waals surface area (Å²) in [4.78, 5) is 4.48. The van der Waals surface area contributed by atoms with Crippen molar-refractivity contribution in [3.63, 3.8) is 0 Å². The standard InChI is InChI=1S/C15H14BrN5.ClH/c16-11-6-8-12(9-7-11)21-13(10-4-2-1-3-5-10)19-14(17)20-15(21)18;/h1-9,13H,(H4,17,18,19,20);1H. The summed E-state index contributed by atoms with van der Waals surface area (Å²) in [6, 6.07) is 17.8. The van der Waals surface area contributed by atoms with Crippen LogP contribution in [0.1, 0.15) is 11.7 Å². The van der Waals surface area contributed by atoms with Crippen molar-refractivity contribution in [2.24, 2.45) is 16.5 Å². The number of rotatable bonds is 2. The molecule has 1 atom stereocenters. The number of guanidine groups is 2. The summed E-state index contributed by atoms with van der Waals surface area (Å²) in [7, 11) is 0. The van der Waals surface area contributed by atoms with Crippen molar-refractivity contribution in [3.05, 3.63) is 64.6 Å². The molecule has 22 heavy (non-hydrogen) atoms. The molecular weight excluding hydrogens is 366 g/mol. The maximum atomic E-state index is 6.13. The van der Waals surface area contributed by atoms with Gasteiger partial charge in [0.2, 0.25) is 6.17 Å². The van der Waals surface area contributed by atoms with Gasteiger partial charge in [0.15, 0.2) is 0 Å². The van der Waals surface area contributed by atoms with E-state index in [9.17, 15) is 0 Å². The molecule has 7 heteroatoms. The molecule has 0 saturated carbocycles. The van der Waals surface area contributed by atoms with E-state index in [1.165, 1.54) is 0 Å². The van der Waals surface area contributed by atoms with Gasteiger partial charge in [-0.3, -0.25) is 5.73 Å². The first-order valence-electron chi connectivity index (χ1n) is 6.47. The summed E-state index contributed by atoms with van der Waals surface area (Å²) in [5.41, 5.74) is 13.9. The van der Waals surface area contributed by atoms with Crippen LogP contribution >= 0.6 is 15.9 Å². The minimum absolute atomic E-state index is 0. The van der Waals surface area contributed by atoms with Crippen LogP contribution in [0.5, 0.6) is 0 Å². The first-order valence-corrected chi connectivity index (χ1v) is 7.27. The molecule has 0 bridgehead atoms. The molecule has 3 rings (SSSR count). The number of benzene rings is 2. The SMILES string of the molecule is NC1=NC(c2ccccc2)[N+](c2ccc(Br)cc2)=C(N)N1.[Cl-]. The smallest absolute Gasteiger partial charge is 0.357 e. The summed E-state index contributed by atoms with van der Waals surface area (Å²) < 4.78 is 2.92. The Balaban J connectivity index is 0.00000176. The second-order valence-electron chi connectivity index (χ2n) is 4.66. The number of halogens is 2. The molecule has 114 valence electrons. The van der Waals surface area contributed by atoms with E-state index in [4.69, 9.17) is 11.5 Å². The third-order valence-electron chi connectivity index (χ3n) is 3.22. The average Bonchev–Trinajstić information content (AvgIpc) is 2.49. The quantitative estimate of drug-likeness (QED) is 0.587. The monoisotopic (exact) mass is 379 g/mol. The van der Waals surface area contributed by atoms with E-state index in [0.29, 0.717) is 11.9 Å². The van der Waals surface area contributed by atoms with Crippen LogP contribution in [-0.4, -0.2) is 16.5 Å². The second-order valence-corrected chi connectivity index (χ2v) is 5.57. The summed E-state index contributed by atoms with van der Waals surface area (Å²) in [5, 5.41) is 2.88. The molecule has 0 saturated heterocycles. The van der Waals surface area contributed by atoms with Gasteiger partial charge >= 0.3 is 5.96 Å². The zero-order valence-electron chi connectivity index (χ0n) is 11.6. The van der Waals surface area contributed by atoms with Gasteiger partial charge < -0.3 is 18.1 Å². The van der Waals surface area contributed by atoms with E-state index in [1.54, 1.807) is 0 Å². The molecule has 2 aromatic carbocycles. The van der Waals surface area contributed by atoms with Gasteiger partial charge in [-0.25, -0.2) is 9.89 Å². The lowest BCUT2D eigenvalue weighted by Crippen LogP contribution is -3.00. The minimum atomic E-state index is -0.284. The topological polar surface area (TPSA) is 79.4 Å². The van der Waals surface area contributed by atoms with Crippen LogP contribution in [0.15, 0.2) is 64.1 Å². The van der Waals surface area contributed by atoms with Crippen molar-refractivity contribution < 1.29 is 17.0 Å². The van der Waals surface area contributed by atoms with Crippen molar-refractivity contribution in [2.45, 2.75) is 6.17 Å². The lowest BCUT2D eigenvalue weighted by molar-refractivity contribution is -0.494.